The summed E-state index contributed by atoms with van der Waals surface area (Å²) < 4.78 is 6.47. The van der Waals surface area contributed by atoms with Gasteiger partial charge in [0.2, 0.25) is 0 Å². The molecule has 2 aromatic carbocycles. The monoisotopic (exact) mass is 410 g/mol. The zero-order valence-corrected chi connectivity index (χ0v) is 18.1. The molecule has 1 aliphatic heterocycles. The Bertz CT molecular complexity index is 1180. The number of pyridine rings is 1. The highest BCUT2D eigenvalue weighted by Gasteiger charge is 2.31. The first-order chi connectivity index (χ1) is 15.2. The standard InChI is InChI=1S/C26H26N4O/c1-4-30(5-2)19-13-17(3)25-23(14-19)31-24-15-22(28-18-9-8-12-27-16-18)20-10-6-7-11-21(20)26(24)29-25/h6-16,22,28H,4-5H2,1-3H3. The average molecular weight is 411 g/mol. The second kappa shape index (κ2) is 7.91. The Morgan fingerprint density at radius 2 is 1.90 bits per heavy atom. The summed E-state index contributed by atoms with van der Waals surface area (Å²) in [5.41, 5.74) is 7.34. The number of nitrogens with one attached hydrogen (secondary N) is 1. The molecule has 0 saturated carbocycles. The van der Waals surface area contributed by atoms with Gasteiger partial charge >= 0.3 is 0 Å². The van der Waals surface area contributed by atoms with E-state index in [0.29, 0.717) is 0 Å². The molecule has 5 rings (SSSR count). The summed E-state index contributed by atoms with van der Waals surface area (Å²) in [5.74, 6) is 1.61. The fourth-order valence-corrected chi connectivity index (χ4v) is 4.33. The van der Waals surface area contributed by atoms with Gasteiger partial charge in [-0.2, -0.15) is 0 Å². The molecule has 0 fully saturated rings. The van der Waals surface area contributed by atoms with Crippen LogP contribution in [0.2, 0.25) is 0 Å². The highest BCUT2D eigenvalue weighted by atomic mass is 16.5. The summed E-state index contributed by atoms with van der Waals surface area (Å²) in [5, 5.41) is 3.57. The van der Waals surface area contributed by atoms with Gasteiger partial charge in [0.1, 0.15) is 11.4 Å². The lowest BCUT2D eigenvalue weighted by Crippen LogP contribution is -2.26. The van der Waals surface area contributed by atoms with E-state index in [1.807, 2.05) is 18.3 Å². The maximum Gasteiger partial charge on any atom is 0.155 e. The normalized spacial score (nSPS) is 16.2. The van der Waals surface area contributed by atoms with Crippen LogP contribution in [-0.2, 0) is 0 Å². The van der Waals surface area contributed by atoms with Gasteiger partial charge in [0.15, 0.2) is 11.5 Å². The van der Waals surface area contributed by atoms with Crippen molar-refractivity contribution in [2.45, 2.75) is 26.8 Å². The molecule has 156 valence electrons. The molecule has 0 amide bonds. The highest BCUT2D eigenvalue weighted by Crippen LogP contribution is 2.43. The topological polar surface area (TPSA) is 49.8 Å². The number of ether oxygens (including phenoxy) is 1. The summed E-state index contributed by atoms with van der Waals surface area (Å²) in [6.07, 6.45) is 5.73. The van der Waals surface area contributed by atoms with Crippen LogP contribution in [0.5, 0.6) is 5.75 Å². The number of hydrogen-bond acceptors (Lipinski definition) is 5. The van der Waals surface area contributed by atoms with Crippen LogP contribution < -0.4 is 15.0 Å². The number of benzene rings is 2. The Balaban J connectivity index is 1.60. The summed E-state index contributed by atoms with van der Waals surface area (Å²) in [6.45, 7) is 8.36. The third-order valence-electron chi connectivity index (χ3n) is 5.91. The van der Waals surface area contributed by atoms with Crippen molar-refractivity contribution >= 4 is 22.8 Å². The summed E-state index contributed by atoms with van der Waals surface area (Å²) in [6, 6.07) is 16.6. The predicted molar refractivity (Wildman–Crippen MR) is 127 cm³/mol. The lowest BCUT2D eigenvalue weighted by Gasteiger charge is -2.31. The van der Waals surface area contributed by atoms with Crippen LogP contribution >= 0.6 is 0 Å². The van der Waals surface area contributed by atoms with Crippen LogP contribution in [-0.4, -0.2) is 23.8 Å². The van der Waals surface area contributed by atoms with Crippen molar-refractivity contribution in [3.8, 4) is 5.75 Å². The summed E-state index contributed by atoms with van der Waals surface area (Å²) in [7, 11) is 0. The molecule has 1 atom stereocenters. The molecular weight excluding hydrogens is 384 g/mol. The molecule has 0 saturated heterocycles. The summed E-state index contributed by atoms with van der Waals surface area (Å²) >= 11 is 0. The number of aryl methyl sites for hydroxylation is 1. The van der Waals surface area contributed by atoms with E-state index in [-0.39, 0.29) is 6.04 Å². The highest BCUT2D eigenvalue weighted by molar-refractivity contribution is 6.16. The van der Waals surface area contributed by atoms with Gasteiger partial charge in [0.05, 0.1) is 11.7 Å². The van der Waals surface area contributed by atoms with Crippen LogP contribution in [0.3, 0.4) is 0 Å². The van der Waals surface area contributed by atoms with E-state index in [1.165, 1.54) is 11.3 Å². The van der Waals surface area contributed by atoms with E-state index in [4.69, 9.17) is 9.73 Å². The second-order valence-corrected chi connectivity index (χ2v) is 7.83. The first-order valence-corrected chi connectivity index (χ1v) is 10.8. The molecule has 2 heterocycles. The molecule has 0 bridgehead atoms. The quantitative estimate of drug-likeness (QED) is 0.577. The molecule has 1 aromatic heterocycles. The number of fused-ring (bicyclic) bond motifs is 4. The summed E-state index contributed by atoms with van der Waals surface area (Å²) in [4.78, 5) is 11.6. The zero-order valence-electron chi connectivity index (χ0n) is 18.1. The molecule has 31 heavy (non-hydrogen) atoms. The first-order valence-electron chi connectivity index (χ1n) is 10.8. The third-order valence-corrected chi connectivity index (χ3v) is 5.91. The molecule has 1 unspecified atom stereocenters. The van der Waals surface area contributed by atoms with Gasteiger partial charge in [-0.25, -0.2) is 4.99 Å². The number of allylic oxidation sites excluding steroid dienone is 1. The van der Waals surface area contributed by atoms with Gasteiger partial charge in [-0.15, -0.1) is 0 Å². The Morgan fingerprint density at radius 3 is 2.68 bits per heavy atom. The number of hydrogen-bond donors (Lipinski definition) is 1. The van der Waals surface area contributed by atoms with Crippen LogP contribution in [0.4, 0.5) is 17.1 Å². The minimum absolute atomic E-state index is 0.0250. The Kier molecular flexibility index (Phi) is 4.94. The van der Waals surface area contributed by atoms with Crippen molar-refractivity contribution in [3.05, 3.63) is 89.5 Å². The van der Waals surface area contributed by atoms with Crippen molar-refractivity contribution in [1.29, 1.82) is 0 Å². The number of anilines is 2. The molecule has 1 N–H and O–H groups in total. The minimum Gasteiger partial charge on any atom is -0.453 e. The SMILES string of the molecule is CCN(CC)c1cc(C)c2c(c1)OC1=CC(Nc3cccnc3)c3ccccc3C1=N2. The Morgan fingerprint density at radius 1 is 1.06 bits per heavy atom. The lowest BCUT2D eigenvalue weighted by molar-refractivity contribution is 0.444. The molecular formula is C26H26N4O. The smallest absolute Gasteiger partial charge is 0.155 e. The van der Waals surface area contributed by atoms with E-state index in [0.717, 1.165) is 52.8 Å². The average Bonchev–Trinajstić information content (AvgIpc) is 2.80. The van der Waals surface area contributed by atoms with Gasteiger partial charge in [-0.05, 0) is 56.2 Å². The molecule has 2 aliphatic rings. The second-order valence-electron chi connectivity index (χ2n) is 7.83. The van der Waals surface area contributed by atoms with Crippen LogP contribution in [0.25, 0.3) is 0 Å². The molecule has 0 spiro atoms. The van der Waals surface area contributed by atoms with Gasteiger partial charge in [0, 0.05) is 42.8 Å². The van der Waals surface area contributed by atoms with Gasteiger partial charge in [-0.1, -0.05) is 24.3 Å². The molecule has 3 aromatic rings. The van der Waals surface area contributed by atoms with E-state index in [1.54, 1.807) is 6.20 Å². The van der Waals surface area contributed by atoms with E-state index in [9.17, 15) is 0 Å². The van der Waals surface area contributed by atoms with Gasteiger partial charge < -0.3 is 15.0 Å². The number of aromatic nitrogens is 1. The molecule has 0 radical (unpaired) electrons. The maximum atomic E-state index is 6.47. The van der Waals surface area contributed by atoms with Crippen molar-refractivity contribution in [1.82, 2.24) is 4.98 Å². The van der Waals surface area contributed by atoms with Crippen molar-refractivity contribution in [3.63, 3.8) is 0 Å². The maximum absolute atomic E-state index is 6.47. The number of nitrogens with zero attached hydrogens (tertiary/aromatic N) is 3. The Labute approximate surface area is 183 Å². The predicted octanol–water partition coefficient (Wildman–Crippen LogP) is 5.80. The fourth-order valence-electron chi connectivity index (χ4n) is 4.33. The fraction of sp³-hybridized carbons (Fsp3) is 0.231. The lowest BCUT2D eigenvalue weighted by atomic mass is 9.89. The molecule has 5 nitrogen and oxygen atoms in total. The third kappa shape index (κ3) is 3.46. The van der Waals surface area contributed by atoms with Gasteiger partial charge in [0.25, 0.3) is 0 Å². The largest absolute Gasteiger partial charge is 0.453 e. The van der Waals surface area contributed by atoms with Crippen LogP contribution in [0, 0.1) is 6.92 Å². The minimum atomic E-state index is -0.0250. The molecule has 1 aliphatic carbocycles. The Hall–Kier alpha value is -3.60. The molecule has 5 heteroatoms. The number of aliphatic imine (C=N–C) groups is 1. The zero-order chi connectivity index (χ0) is 21.4. The van der Waals surface area contributed by atoms with Crippen molar-refractivity contribution in [2.24, 2.45) is 4.99 Å². The van der Waals surface area contributed by atoms with E-state index in [2.05, 4.69) is 78.4 Å². The van der Waals surface area contributed by atoms with E-state index >= 15 is 0 Å². The first kappa shape index (κ1) is 19.4. The van der Waals surface area contributed by atoms with Crippen LogP contribution in [0.1, 0.15) is 36.6 Å². The van der Waals surface area contributed by atoms with Crippen molar-refractivity contribution in [2.75, 3.05) is 23.3 Å². The van der Waals surface area contributed by atoms with Crippen LogP contribution in [0.15, 0.2) is 77.8 Å². The van der Waals surface area contributed by atoms with Gasteiger partial charge in [-0.3, -0.25) is 4.98 Å². The van der Waals surface area contributed by atoms with Crippen molar-refractivity contribution < 1.29 is 4.74 Å². The number of rotatable bonds is 5. The van der Waals surface area contributed by atoms with E-state index < -0.39 is 0 Å².